The lowest BCUT2D eigenvalue weighted by Crippen LogP contribution is -2.30. The summed E-state index contributed by atoms with van der Waals surface area (Å²) in [6.07, 6.45) is -2.18. The van der Waals surface area contributed by atoms with Crippen LogP contribution in [0.2, 0.25) is 0 Å². The van der Waals surface area contributed by atoms with Gasteiger partial charge in [-0.2, -0.15) is 18.3 Å². The van der Waals surface area contributed by atoms with E-state index in [9.17, 15) is 18.0 Å². The van der Waals surface area contributed by atoms with Gasteiger partial charge in [-0.25, -0.2) is 4.79 Å². The molecule has 0 bridgehead atoms. The molecule has 0 atom stereocenters. The number of alkyl halides is 3. The first kappa shape index (κ1) is 23.5. The molecule has 0 aliphatic heterocycles. The van der Waals surface area contributed by atoms with Crippen molar-refractivity contribution in [3.8, 4) is 0 Å². The highest BCUT2D eigenvalue weighted by atomic mass is 79.9. The Hall–Kier alpha value is -2.14. The van der Waals surface area contributed by atoms with Gasteiger partial charge in [0.15, 0.2) is 10.8 Å². The molecule has 168 valence electrons. The second-order valence-electron chi connectivity index (χ2n) is 7.08. The molecule has 1 aliphatic carbocycles. The number of thiocarbonyl (C=S) groups is 1. The van der Waals surface area contributed by atoms with E-state index in [2.05, 4.69) is 31.7 Å². The monoisotopic (exact) mass is 518 g/mol. The van der Waals surface area contributed by atoms with E-state index in [0.717, 1.165) is 12.8 Å². The Morgan fingerprint density at radius 3 is 2.58 bits per heavy atom. The van der Waals surface area contributed by atoms with Gasteiger partial charge < -0.3 is 15.4 Å². The molecule has 1 aliphatic rings. The average molecular weight is 519 g/mol. The zero-order valence-electron chi connectivity index (χ0n) is 16.8. The standard InChI is InChI=1S/C20H22BrF3N4O2S/c1-2-30-18(29)13-6-8-14(9-7-13)26-19(31)25-10-3-11-28-16(12-4-5-12)15(21)17(27-28)20(22,23)24/h6-9,12H,2-5,10-11H2,1H3,(H2,25,26,31). The van der Waals surface area contributed by atoms with E-state index in [0.29, 0.717) is 48.2 Å². The van der Waals surface area contributed by atoms with Crippen LogP contribution in [-0.4, -0.2) is 34.0 Å². The number of ether oxygens (including phenoxy) is 1. The average Bonchev–Trinajstić information content (AvgIpc) is 3.48. The van der Waals surface area contributed by atoms with Crippen LogP contribution in [0.25, 0.3) is 0 Å². The second kappa shape index (κ2) is 9.99. The van der Waals surface area contributed by atoms with Crippen molar-refractivity contribution in [2.75, 3.05) is 18.5 Å². The summed E-state index contributed by atoms with van der Waals surface area (Å²) in [5.74, 6) is -0.259. The molecule has 0 spiro atoms. The van der Waals surface area contributed by atoms with Crippen LogP contribution in [0.1, 0.15) is 53.8 Å². The SMILES string of the molecule is CCOC(=O)c1ccc(NC(=S)NCCCn2nc(C(F)(F)F)c(Br)c2C2CC2)cc1. The number of benzene rings is 1. The summed E-state index contributed by atoms with van der Waals surface area (Å²) in [5.41, 5.74) is 0.897. The Morgan fingerprint density at radius 1 is 1.32 bits per heavy atom. The van der Waals surface area contributed by atoms with Crippen molar-refractivity contribution in [2.24, 2.45) is 0 Å². The van der Waals surface area contributed by atoms with Crippen LogP contribution in [-0.2, 0) is 17.5 Å². The van der Waals surface area contributed by atoms with E-state index in [-0.39, 0.29) is 16.4 Å². The van der Waals surface area contributed by atoms with Gasteiger partial charge in [-0.1, -0.05) is 0 Å². The Kier molecular flexibility index (Phi) is 7.58. The molecule has 0 saturated heterocycles. The number of hydrogen-bond donors (Lipinski definition) is 2. The number of rotatable bonds is 8. The molecule has 2 N–H and O–H groups in total. The normalized spacial score (nSPS) is 13.7. The molecule has 2 aromatic rings. The van der Waals surface area contributed by atoms with E-state index in [4.69, 9.17) is 17.0 Å². The molecule has 31 heavy (non-hydrogen) atoms. The lowest BCUT2D eigenvalue weighted by Gasteiger charge is -2.12. The van der Waals surface area contributed by atoms with Crippen molar-refractivity contribution in [1.82, 2.24) is 15.1 Å². The minimum absolute atomic E-state index is 0.0545. The minimum Gasteiger partial charge on any atom is -0.462 e. The minimum atomic E-state index is -4.49. The van der Waals surface area contributed by atoms with Crippen LogP contribution >= 0.6 is 28.1 Å². The molecule has 0 radical (unpaired) electrons. The lowest BCUT2D eigenvalue weighted by atomic mass is 10.2. The zero-order chi connectivity index (χ0) is 22.6. The van der Waals surface area contributed by atoms with E-state index in [1.165, 1.54) is 4.68 Å². The number of aromatic nitrogens is 2. The van der Waals surface area contributed by atoms with Crippen molar-refractivity contribution < 1.29 is 22.7 Å². The van der Waals surface area contributed by atoms with Gasteiger partial charge in [0.1, 0.15) is 0 Å². The molecule has 11 heteroatoms. The number of esters is 1. The molecule has 1 heterocycles. The molecular weight excluding hydrogens is 497 g/mol. The predicted octanol–water partition coefficient (Wildman–Crippen LogP) is 5.10. The third kappa shape index (κ3) is 6.19. The van der Waals surface area contributed by atoms with Crippen LogP contribution in [0.5, 0.6) is 0 Å². The summed E-state index contributed by atoms with van der Waals surface area (Å²) in [6.45, 7) is 2.87. The van der Waals surface area contributed by atoms with Gasteiger partial charge in [0.2, 0.25) is 0 Å². The summed E-state index contributed by atoms with van der Waals surface area (Å²) in [4.78, 5) is 11.7. The first-order chi connectivity index (χ1) is 14.7. The maximum atomic E-state index is 13.2. The second-order valence-corrected chi connectivity index (χ2v) is 8.28. The molecule has 1 fully saturated rings. The molecule has 1 aromatic carbocycles. The highest BCUT2D eigenvalue weighted by Crippen LogP contribution is 2.46. The van der Waals surface area contributed by atoms with Gasteiger partial charge in [-0.15, -0.1) is 0 Å². The van der Waals surface area contributed by atoms with E-state index < -0.39 is 11.9 Å². The highest BCUT2D eigenvalue weighted by molar-refractivity contribution is 9.10. The predicted molar refractivity (Wildman–Crippen MR) is 118 cm³/mol. The lowest BCUT2D eigenvalue weighted by molar-refractivity contribution is -0.142. The van der Waals surface area contributed by atoms with Gasteiger partial charge in [-0.05, 0) is 78.6 Å². The maximum absolute atomic E-state index is 13.2. The number of carbonyl (C=O) groups excluding carboxylic acids is 1. The van der Waals surface area contributed by atoms with Crippen LogP contribution in [0.4, 0.5) is 18.9 Å². The number of carbonyl (C=O) groups is 1. The van der Waals surface area contributed by atoms with E-state index >= 15 is 0 Å². The van der Waals surface area contributed by atoms with Crippen molar-refractivity contribution in [2.45, 2.75) is 44.8 Å². The largest absolute Gasteiger partial charge is 0.462 e. The molecule has 6 nitrogen and oxygen atoms in total. The zero-order valence-corrected chi connectivity index (χ0v) is 19.2. The van der Waals surface area contributed by atoms with Gasteiger partial charge in [-0.3, -0.25) is 4.68 Å². The summed E-state index contributed by atoms with van der Waals surface area (Å²) >= 11 is 8.34. The quantitative estimate of drug-likeness (QED) is 0.288. The highest BCUT2D eigenvalue weighted by Gasteiger charge is 2.41. The van der Waals surface area contributed by atoms with Crippen LogP contribution in [0.15, 0.2) is 28.7 Å². The van der Waals surface area contributed by atoms with E-state index in [1.807, 2.05) is 0 Å². The van der Waals surface area contributed by atoms with Gasteiger partial charge >= 0.3 is 12.1 Å². The number of nitrogens with zero attached hydrogens (tertiary/aromatic N) is 2. The fraction of sp³-hybridized carbons (Fsp3) is 0.450. The first-order valence-electron chi connectivity index (χ1n) is 9.86. The van der Waals surface area contributed by atoms with Gasteiger partial charge in [0, 0.05) is 24.7 Å². The summed E-state index contributed by atoms with van der Waals surface area (Å²) in [5, 5.41) is 10.2. The Labute approximate surface area is 191 Å². The Balaban J connectivity index is 1.49. The summed E-state index contributed by atoms with van der Waals surface area (Å²) in [7, 11) is 0. The maximum Gasteiger partial charge on any atom is 0.436 e. The van der Waals surface area contributed by atoms with Crippen LogP contribution < -0.4 is 10.6 Å². The van der Waals surface area contributed by atoms with Crippen molar-refractivity contribution >= 4 is 44.9 Å². The molecule has 0 unspecified atom stereocenters. The van der Waals surface area contributed by atoms with Crippen LogP contribution in [0, 0.1) is 0 Å². The third-order valence-corrected chi connectivity index (χ3v) is 5.68. The Morgan fingerprint density at radius 2 is 2.00 bits per heavy atom. The van der Waals surface area contributed by atoms with Crippen molar-refractivity contribution in [3.63, 3.8) is 0 Å². The van der Waals surface area contributed by atoms with Gasteiger partial charge in [0.05, 0.1) is 22.3 Å². The van der Waals surface area contributed by atoms with Crippen LogP contribution in [0.3, 0.4) is 0 Å². The molecule has 0 amide bonds. The summed E-state index contributed by atoms with van der Waals surface area (Å²) in [6, 6.07) is 6.69. The smallest absolute Gasteiger partial charge is 0.436 e. The molecule has 3 rings (SSSR count). The fourth-order valence-electron chi connectivity index (χ4n) is 3.06. The van der Waals surface area contributed by atoms with Crippen molar-refractivity contribution in [3.05, 3.63) is 45.7 Å². The van der Waals surface area contributed by atoms with Crippen molar-refractivity contribution in [1.29, 1.82) is 0 Å². The van der Waals surface area contributed by atoms with E-state index in [1.54, 1.807) is 31.2 Å². The summed E-state index contributed by atoms with van der Waals surface area (Å²) < 4.78 is 45.9. The molecular formula is C20H22BrF3N4O2S. The number of halogens is 4. The fourth-order valence-corrected chi connectivity index (χ4v) is 4.11. The topological polar surface area (TPSA) is 68.2 Å². The number of aryl methyl sites for hydroxylation is 1. The number of nitrogens with one attached hydrogen (secondary N) is 2. The Bertz CT molecular complexity index is 943. The van der Waals surface area contributed by atoms with Gasteiger partial charge in [0.25, 0.3) is 0 Å². The first-order valence-corrected chi connectivity index (χ1v) is 11.1. The third-order valence-electron chi connectivity index (χ3n) is 4.65. The molecule has 1 aromatic heterocycles. The molecule has 1 saturated carbocycles. The number of hydrogen-bond acceptors (Lipinski definition) is 4. The number of anilines is 1.